The molecule has 106 valence electrons. The maximum Gasteiger partial charge on any atom is 0.301 e. The van der Waals surface area contributed by atoms with Crippen molar-refractivity contribution in [3.05, 3.63) is 40.7 Å². The highest BCUT2D eigenvalue weighted by molar-refractivity contribution is 7.84. The van der Waals surface area contributed by atoms with E-state index in [1.807, 2.05) is 0 Å². The molecule has 20 heavy (non-hydrogen) atoms. The van der Waals surface area contributed by atoms with Crippen molar-refractivity contribution in [3.63, 3.8) is 0 Å². The van der Waals surface area contributed by atoms with E-state index in [1.165, 1.54) is 30.8 Å². The molecule has 8 heteroatoms. The van der Waals surface area contributed by atoms with Crippen LogP contribution in [-0.4, -0.2) is 21.4 Å². The molecule has 0 saturated carbocycles. The molecule has 0 aliphatic carbocycles. The zero-order valence-electron chi connectivity index (χ0n) is 10.4. The van der Waals surface area contributed by atoms with Gasteiger partial charge in [-0.25, -0.2) is 9.37 Å². The van der Waals surface area contributed by atoms with Crippen LogP contribution in [0.3, 0.4) is 0 Å². The molecule has 0 spiro atoms. The van der Waals surface area contributed by atoms with Gasteiger partial charge in [-0.2, -0.15) is 0 Å². The third kappa shape index (κ3) is 2.88. The van der Waals surface area contributed by atoms with Crippen molar-refractivity contribution in [1.29, 1.82) is 0 Å². The molecule has 2 rings (SSSR count). The molecule has 1 atom stereocenters. The number of nitrogens with one attached hydrogen (secondary N) is 1. The number of halogens is 2. The van der Waals surface area contributed by atoms with Crippen molar-refractivity contribution in [3.8, 4) is 0 Å². The molecular weight excluding hydrogens is 307 g/mol. The standard InChI is InChI=1S/C12H10ClFN2O3S/c1-20(18)10-7(6-14)2-3-8(9(10)13)11(17)16-12-15-4-5-19-12/h2-5H,6H2,1H3,(H,15,16,17). The summed E-state index contributed by atoms with van der Waals surface area (Å²) in [6.07, 6.45) is 4.04. The number of aromatic nitrogens is 1. The lowest BCUT2D eigenvalue weighted by Crippen LogP contribution is -2.14. The van der Waals surface area contributed by atoms with Gasteiger partial charge >= 0.3 is 6.01 Å². The number of nitrogens with zero attached hydrogens (tertiary/aromatic N) is 1. The molecule has 0 radical (unpaired) electrons. The quantitative estimate of drug-likeness (QED) is 0.941. The van der Waals surface area contributed by atoms with Gasteiger partial charge in [-0.3, -0.25) is 14.3 Å². The Balaban J connectivity index is 2.40. The summed E-state index contributed by atoms with van der Waals surface area (Å²) in [6, 6.07) is 2.76. The highest BCUT2D eigenvalue weighted by atomic mass is 35.5. The van der Waals surface area contributed by atoms with E-state index in [-0.39, 0.29) is 27.1 Å². The van der Waals surface area contributed by atoms with Crippen LogP contribution >= 0.6 is 11.6 Å². The van der Waals surface area contributed by atoms with E-state index in [2.05, 4.69) is 10.3 Å². The summed E-state index contributed by atoms with van der Waals surface area (Å²) < 4.78 is 29.4. The molecule has 1 unspecified atom stereocenters. The van der Waals surface area contributed by atoms with Gasteiger partial charge in [0.25, 0.3) is 5.91 Å². The highest BCUT2D eigenvalue weighted by Crippen LogP contribution is 2.28. The number of anilines is 1. The van der Waals surface area contributed by atoms with Crippen LogP contribution in [0.2, 0.25) is 5.02 Å². The second kappa shape index (κ2) is 6.15. The summed E-state index contributed by atoms with van der Waals surface area (Å²) in [6.45, 7) is -0.809. The molecule has 1 N–H and O–H groups in total. The van der Waals surface area contributed by atoms with Crippen LogP contribution in [0.5, 0.6) is 0 Å². The maximum absolute atomic E-state index is 12.8. The number of benzene rings is 1. The lowest BCUT2D eigenvalue weighted by molar-refractivity contribution is 0.102. The fourth-order valence-electron chi connectivity index (χ4n) is 1.64. The Bertz CT molecular complexity index is 661. The predicted molar refractivity (Wildman–Crippen MR) is 73.1 cm³/mol. The van der Waals surface area contributed by atoms with Gasteiger partial charge in [0.2, 0.25) is 0 Å². The first-order valence-corrected chi connectivity index (χ1v) is 7.39. The summed E-state index contributed by atoms with van der Waals surface area (Å²) >= 11 is 6.05. The van der Waals surface area contributed by atoms with Gasteiger partial charge in [-0.1, -0.05) is 17.7 Å². The molecule has 5 nitrogen and oxygen atoms in total. The Morgan fingerprint density at radius 3 is 2.85 bits per heavy atom. The summed E-state index contributed by atoms with van der Waals surface area (Å²) in [5, 5.41) is 2.35. The number of amides is 1. The molecule has 0 fully saturated rings. The molecule has 1 aromatic carbocycles. The molecular formula is C12H10ClFN2O3S. The lowest BCUT2D eigenvalue weighted by Gasteiger charge is -2.10. The minimum Gasteiger partial charge on any atom is -0.432 e. The van der Waals surface area contributed by atoms with E-state index < -0.39 is 23.4 Å². The zero-order valence-corrected chi connectivity index (χ0v) is 11.9. The van der Waals surface area contributed by atoms with Gasteiger partial charge in [0.05, 0.1) is 32.5 Å². The van der Waals surface area contributed by atoms with E-state index in [4.69, 9.17) is 16.0 Å². The van der Waals surface area contributed by atoms with Crippen LogP contribution in [-0.2, 0) is 17.5 Å². The van der Waals surface area contributed by atoms with Crippen molar-refractivity contribution < 1.29 is 17.8 Å². The van der Waals surface area contributed by atoms with Crippen LogP contribution in [0.1, 0.15) is 15.9 Å². The van der Waals surface area contributed by atoms with Crippen molar-refractivity contribution in [1.82, 2.24) is 4.98 Å². The average Bonchev–Trinajstić information content (AvgIpc) is 2.90. The smallest absolute Gasteiger partial charge is 0.301 e. The number of oxazole rings is 1. The maximum atomic E-state index is 12.8. The van der Waals surface area contributed by atoms with Gasteiger partial charge < -0.3 is 4.42 Å². The first kappa shape index (κ1) is 14.7. The largest absolute Gasteiger partial charge is 0.432 e. The predicted octanol–water partition coefficient (Wildman–Crippen LogP) is 2.79. The Morgan fingerprint density at radius 2 is 2.30 bits per heavy atom. The molecule has 0 saturated heterocycles. The second-order valence-corrected chi connectivity index (χ2v) is 5.49. The summed E-state index contributed by atoms with van der Waals surface area (Å²) in [5.41, 5.74) is 0.274. The molecule has 0 aliphatic heterocycles. The average molecular weight is 317 g/mol. The minimum absolute atomic E-state index is 0.0137. The monoisotopic (exact) mass is 316 g/mol. The number of carbonyl (C=O) groups is 1. The molecule has 1 heterocycles. The summed E-state index contributed by atoms with van der Waals surface area (Å²) in [5.74, 6) is -0.574. The first-order chi connectivity index (χ1) is 9.54. The Kier molecular flexibility index (Phi) is 4.51. The second-order valence-electron chi connectivity index (χ2n) is 3.79. The van der Waals surface area contributed by atoms with E-state index in [0.717, 1.165) is 0 Å². The minimum atomic E-state index is -1.51. The number of rotatable bonds is 4. The highest BCUT2D eigenvalue weighted by Gasteiger charge is 2.20. The topological polar surface area (TPSA) is 72.2 Å². The Hall–Kier alpha value is -1.73. The lowest BCUT2D eigenvalue weighted by atomic mass is 10.1. The first-order valence-electron chi connectivity index (χ1n) is 5.46. The van der Waals surface area contributed by atoms with E-state index >= 15 is 0 Å². The fourth-order valence-corrected chi connectivity index (χ4v) is 3.09. The molecule has 1 amide bonds. The zero-order chi connectivity index (χ0) is 14.7. The Labute approximate surface area is 121 Å². The Morgan fingerprint density at radius 1 is 1.55 bits per heavy atom. The van der Waals surface area contributed by atoms with Crippen molar-refractivity contribution >= 4 is 34.3 Å². The number of alkyl halides is 1. The number of hydrogen-bond donors (Lipinski definition) is 1. The van der Waals surface area contributed by atoms with Crippen LogP contribution in [0.4, 0.5) is 10.4 Å². The summed E-state index contributed by atoms with van der Waals surface area (Å²) in [7, 11) is -1.51. The van der Waals surface area contributed by atoms with Crippen LogP contribution < -0.4 is 5.32 Å². The van der Waals surface area contributed by atoms with Crippen molar-refractivity contribution in [2.45, 2.75) is 11.6 Å². The van der Waals surface area contributed by atoms with Gasteiger partial charge in [-0.15, -0.1) is 0 Å². The third-order valence-corrected chi connectivity index (χ3v) is 4.05. The molecule has 0 aliphatic rings. The number of hydrogen-bond acceptors (Lipinski definition) is 4. The van der Waals surface area contributed by atoms with Gasteiger partial charge in [-0.05, 0) is 6.07 Å². The van der Waals surface area contributed by atoms with Crippen LogP contribution in [0, 0.1) is 0 Å². The van der Waals surface area contributed by atoms with Crippen molar-refractivity contribution in [2.24, 2.45) is 0 Å². The van der Waals surface area contributed by atoms with Gasteiger partial charge in [0.1, 0.15) is 12.9 Å². The van der Waals surface area contributed by atoms with Gasteiger partial charge in [0.15, 0.2) is 0 Å². The number of carbonyl (C=O) groups excluding carboxylic acids is 1. The molecule has 0 bridgehead atoms. The SMILES string of the molecule is CS(=O)c1c(CF)ccc(C(=O)Nc2ncco2)c1Cl. The van der Waals surface area contributed by atoms with Crippen molar-refractivity contribution in [2.75, 3.05) is 11.6 Å². The van der Waals surface area contributed by atoms with Crippen LogP contribution in [0.25, 0.3) is 0 Å². The van der Waals surface area contributed by atoms with Gasteiger partial charge in [0, 0.05) is 11.8 Å². The van der Waals surface area contributed by atoms with Crippen LogP contribution in [0.15, 0.2) is 33.9 Å². The fraction of sp³-hybridized carbons (Fsp3) is 0.167. The normalized spacial score (nSPS) is 12.2. The third-order valence-electron chi connectivity index (χ3n) is 2.51. The summed E-state index contributed by atoms with van der Waals surface area (Å²) in [4.78, 5) is 15.9. The molecule has 1 aromatic heterocycles. The van der Waals surface area contributed by atoms with E-state index in [9.17, 15) is 13.4 Å². The molecule has 2 aromatic rings. The van der Waals surface area contributed by atoms with E-state index in [1.54, 1.807) is 0 Å². The van der Waals surface area contributed by atoms with E-state index in [0.29, 0.717) is 0 Å².